The van der Waals surface area contributed by atoms with Gasteiger partial charge < -0.3 is 9.80 Å². The quantitative estimate of drug-likeness (QED) is 0.504. The van der Waals surface area contributed by atoms with Crippen molar-refractivity contribution in [3.8, 4) is 0 Å². The number of carbonyl (C=O) groups excluding carboxylic acids is 1. The fraction of sp³-hybridized carbons (Fsp3) is 0.500. The van der Waals surface area contributed by atoms with E-state index in [-0.39, 0.29) is 5.91 Å². The van der Waals surface area contributed by atoms with E-state index < -0.39 is 0 Å². The van der Waals surface area contributed by atoms with E-state index in [2.05, 4.69) is 24.8 Å². The SMILES string of the molecule is CCN(C)C(=O)c1ccc(CSc2nc(C(C)C)cc(N3CCCC3)n2)cc1. The first-order valence-corrected chi connectivity index (χ1v) is 11.1. The molecule has 0 atom stereocenters. The third kappa shape index (κ3) is 5.04. The first-order chi connectivity index (χ1) is 13.5. The van der Waals surface area contributed by atoms with Gasteiger partial charge in [0.05, 0.1) is 0 Å². The highest BCUT2D eigenvalue weighted by atomic mass is 32.2. The van der Waals surface area contributed by atoms with Gasteiger partial charge in [-0.1, -0.05) is 37.7 Å². The standard InChI is InChI=1S/C22H30N4OS/c1-5-25(4)21(27)18-10-8-17(9-11-18)15-28-22-23-19(16(2)3)14-20(24-22)26-12-6-7-13-26/h8-11,14,16H,5-7,12-13,15H2,1-4H3. The van der Waals surface area contributed by atoms with E-state index in [1.165, 1.54) is 18.4 Å². The first-order valence-electron chi connectivity index (χ1n) is 10.1. The molecule has 0 saturated carbocycles. The van der Waals surface area contributed by atoms with E-state index in [4.69, 9.17) is 9.97 Å². The Morgan fingerprint density at radius 2 is 1.86 bits per heavy atom. The van der Waals surface area contributed by atoms with Crippen molar-refractivity contribution in [3.05, 3.63) is 47.2 Å². The molecule has 1 aromatic heterocycles. The van der Waals surface area contributed by atoms with Crippen molar-refractivity contribution in [1.82, 2.24) is 14.9 Å². The number of benzene rings is 1. The molecule has 1 aliphatic rings. The van der Waals surface area contributed by atoms with Crippen LogP contribution in [0.4, 0.5) is 5.82 Å². The lowest BCUT2D eigenvalue weighted by Gasteiger charge is -2.19. The first kappa shape index (κ1) is 20.6. The number of hydrogen-bond donors (Lipinski definition) is 0. The van der Waals surface area contributed by atoms with Gasteiger partial charge in [-0.3, -0.25) is 4.79 Å². The van der Waals surface area contributed by atoms with Gasteiger partial charge in [-0.05, 0) is 43.4 Å². The van der Waals surface area contributed by atoms with Crippen LogP contribution < -0.4 is 4.90 Å². The number of rotatable bonds is 7. The second kappa shape index (κ2) is 9.41. The maximum atomic E-state index is 12.2. The maximum Gasteiger partial charge on any atom is 0.253 e. The summed E-state index contributed by atoms with van der Waals surface area (Å²) < 4.78 is 0. The third-order valence-electron chi connectivity index (χ3n) is 5.12. The molecule has 1 amide bonds. The van der Waals surface area contributed by atoms with Crippen LogP contribution in [0.15, 0.2) is 35.5 Å². The van der Waals surface area contributed by atoms with Gasteiger partial charge in [0.15, 0.2) is 5.16 Å². The molecule has 3 rings (SSSR count). The van der Waals surface area contributed by atoms with Gasteiger partial charge in [0.2, 0.25) is 0 Å². The highest BCUT2D eigenvalue weighted by Crippen LogP contribution is 2.27. The highest BCUT2D eigenvalue weighted by Gasteiger charge is 2.17. The summed E-state index contributed by atoms with van der Waals surface area (Å²) in [4.78, 5) is 25.9. The minimum Gasteiger partial charge on any atom is -0.356 e. The summed E-state index contributed by atoms with van der Waals surface area (Å²) in [5.74, 6) is 2.29. The molecule has 1 aromatic carbocycles. The number of carbonyl (C=O) groups is 1. The van der Waals surface area contributed by atoms with Crippen LogP contribution in [0.25, 0.3) is 0 Å². The summed E-state index contributed by atoms with van der Waals surface area (Å²) in [6.07, 6.45) is 2.48. The van der Waals surface area contributed by atoms with Crippen LogP contribution in [0.1, 0.15) is 61.1 Å². The zero-order valence-electron chi connectivity index (χ0n) is 17.3. The Bertz CT molecular complexity index is 801. The minimum absolute atomic E-state index is 0.0601. The second-order valence-electron chi connectivity index (χ2n) is 7.59. The van der Waals surface area contributed by atoms with Gasteiger partial charge in [-0.2, -0.15) is 0 Å². The monoisotopic (exact) mass is 398 g/mol. The van der Waals surface area contributed by atoms with Crippen LogP contribution >= 0.6 is 11.8 Å². The Kier molecular flexibility index (Phi) is 6.94. The van der Waals surface area contributed by atoms with Crippen molar-refractivity contribution in [2.24, 2.45) is 0 Å². The largest absolute Gasteiger partial charge is 0.356 e. The van der Waals surface area contributed by atoms with Crippen molar-refractivity contribution in [2.75, 3.05) is 31.6 Å². The molecule has 1 aliphatic heterocycles. The van der Waals surface area contributed by atoms with Crippen molar-refractivity contribution < 1.29 is 4.79 Å². The van der Waals surface area contributed by atoms with Crippen LogP contribution in [0.5, 0.6) is 0 Å². The van der Waals surface area contributed by atoms with E-state index in [9.17, 15) is 4.79 Å². The highest BCUT2D eigenvalue weighted by molar-refractivity contribution is 7.98. The lowest BCUT2D eigenvalue weighted by Crippen LogP contribution is -2.26. The second-order valence-corrected chi connectivity index (χ2v) is 8.53. The average Bonchev–Trinajstić information content (AvgIpc) is 3.26. The smallest absolute Gasteiger partial charge is 0.253 e. The van der Waals surface area contributed by atoms with Crippen molar-refractivity contribution in [2.45, 2.75) is 50.4 Å². The van der Waals surface area contributed by atoms with E-state index in [1.54, 1.807) is 16.7 Å². The molecule has 28 heavy (non-hydrogen) atoms. The zero-order chi connectivity index (χ0) is 20.1. The Morgan fingerprint density at radius 3 is 2.46 bits per heavy atom. The summed E-state index contributed by atoms with van der Waals surface area (Å²) in [5, 5.41) is 0.832. The predicted molar refractivity (Wildman–Crippen MR) is 116 cm³/mol. The molecule has 2 heterocycles. The van der Waals surface area contributed by atoms with E-state index in [0.717, 1.165) is 41.1 Å². The molecule has 0 bridgehead atoms. The topological polar surface area (TPSA) is 49.3 Å². The zero-order valence-corrected chi connectivity index (χ0v) is 18.1. The molecule has 1 fully saturated rings. The van der Waals surface area contributed by atoms with Crippen LogP contribution in [-0.2, 0) is 5.75 Å². The molecule has 0 N–H and O–H groups in total. The van der Waals surface area contributed by atoms with Crippen LogP contribution in [-0.4, -0.2) is 47.5 Å². The van der Waals surface area contributed by atoms with Crippen molar-refractivity contribution in [3.63, 3.8) is 0 Å². The average molecular weight is 399 g/mol. The van der Waals surface area contributed by atoms with Gasteiger partial charge in [0, 0.05) is 49.8 Å². The van der Waals surface area contributed by atoms with Crippen LogP contribution in [0.3, 0.4) is 0 Å². The third-order valence-corrected chi connectivity index (χ3v) is 6.04. The number of aromatic nitrogens is 2. The Balaban J connectivity index is 1.70. The van der Waals surface area contributed by atoms with Gasteiger partial charge >= 0.3 is 0 Å². The van der Waals surface area contributed by atoms with Gasteiger partial charge in [0.1, 0.15) is 5.82 Å². The molecule has 1 saturated heterocycles. The molecule has 6 heteroatoms. The van der Waals surface area contributed by atoms with Crippen LogP contribution in [0.2, 0.25) is 0 Å². The Morgan fingerprint density at radius 1 is 1.18 bits per heavy atom. The van der Waals surface area contributed by atoms with Crippen molar-refractivity contribution >= 4 is 23.5 Å². The summed E-state index contributed by atoms with van der Waals surface area (Å²) in [6.45, 7) is 9.20. The summed E-state index contributed by atoms with van der Waals surface area (Å²) in [6, 6.07) is 10.0. The lowest BCUT2D eigenvalue weighted by molar-refractivity contribution is 0.0802. The number of amides is 1. The molecular weight excluding hydrogens is 368 g/mol. The van der Waals surface area contributed by atoms with E-state index in [1.807, 2.05) is 38.2 Å². The van der Waals surface area contributed by atoms with Gasteiger partial charge in [0.25, 0.3) is 5.91 Å². The molecule has 0 aliphatic carbocycles. The Hall–Kier alpha value is -2.08. The predicted octanol–water partition coefficient (Wildman–Crippen LogP) is 4.58. The molecule has 2 aromatic rings. The molecule has 150 valence electrons. The fourth-order valence-corrected chi connectivity index (χ4v) is 3.97. The van der Waals surface area contributed by atoms with E-state index >= 15 is 0 Å². The minimum atomic E-state index is 0.0601. The number of anilines is 1. The molecule has 0 spiro atoms. The maximum absolute atomic E-state index is 12.2. The number of hydrogen-bond acceptors (Lipinski definition) is 5. The van der Waals surface area contributed by atoms with E-state index in [0.29, 0.717) is 12.5 Å². The van der Waals surface area contributed by atoms with Gasteiger partial charge in [-0.25, -0.2) is 9.97 Å². The molecule has 0 unspecified atom stereocenters. The lowest BCUT2D eigenvalue weighted by atomic mass is 10.1. The summed E-state index contributed by atoms with van der Waals surface area (Å²) in [7, 11) is 1.82. The normalized spacial score (nSPS) is 14.0. The van der Waals surface area contributed by atoms with Crippen LogP contribution in [0, 0.1) is 0 Å². The fourth-order valence-electron chi connectivity index (χ4n) is 3.15. The van der Waals surface area contributed by atoms with Gasteiger partial charge in [-0.15, -0.1) is 0 Å². The summed E-state index contributed by atoms with van der Waals surface area (Å²) >= 11 is 1.66. The summed E-state index contributed by atoms with van der Waals surface area (Å²) in [5.41, 5.74) is 3.00. The molecular formula is C22H30N4OS. The molecule has 0 radical (unpaired) electrons. The van der Waals surface area contributed by atoms with Crippen molar-refractivity contribution in [1.29, 1.82) is 0 Å². The Labute approximate surface area is 172 Å². The molecule has 5 nitrogen and oxygen atoms in total. The number of thioether (sulfide) groups is 1. The number of nitrogens with zero attached hydrogens (tertiary/aromatic N) is 4.